The van der Waals surface area contributed by atoms with E-state index in [1.54, 1.807) is 11.8 Å². The van der Waals surface area contributed by atoms with E-state index >= 15 is 0 Å². The van der Waals surface area contributed by atoms with Gasteiger partial charge in [-0.25, -0.2) is 4.98 Å². The van der Waals surface area contributed by atoms with Crippen molar-refractivity contribution in [3.8, 4) is 16.9 Å². The summed E-state index contributed by atoms with van der Waals surface area (Å²) in [5.41, 5.74) is 6.27. The molecule has 0 radical (unpaired) electrons. The molecule has 6 heteroatoms. The number of halogens is 2. The first-order chi connectivity index (χ1) is 17.5. The van der Waals surface area contributed by atoms with Gasteiger partial charge in [0.25, 0.3) is 5.56 Å². The molecule has 6 rings (SSSR count). The normalized spacial score (nSPS) is 15.9. The fourth-order valence-corrected chi connectivity index (χ4v) is 7.47. The fourth-order valence-electron chi connectivity index (χ4n) is 5.86. The molecule has 1 saturated carbocycles. The van der Waals surface area contributed by atoms with Crippen LogP contribution in [0.3, 0.4) is 0 Å². The maximum absolute atomic E-state index is 14.6. The van der Waals surface area contributed by atoms with Crippen LogP contribution in [0.5, 0.6) is 0 Å². The fraction of sp³-hybridized carbons (Fsp3) is 0.267. The number of thioether (sulfide) groups is 1. The van der Waals surface area contributed by atoms with Gasteiger partial charge < -0.3 is 0 Å². The SMILES string of the molecule is O=c1c2c(nc(SCc3ccc(Br)cc3)n1-c1cccc(Br)c1)-c1ccccc1CC21CCCCC1. The zero-order chi connectivity index (χ0) is 24.7. The van der Waals surface area contributed by atoms with Gasteiger partial charge in [0.1, 0.15) is 0 Å². The van der Waals surface area contributed by atoms with Crippen LogP contribution in [-0.4, -0.2) is 9.55 Å². The molecule has 2 aliphatic rings. The topological polar surface area (TPSA) is 34.9 Å². The summed E-state index contributed by atoms with van der Waals surface area (Å²) in [7, 11) is 0. The second-order valence-electron chi connectivity index (χ2n) is 9.83. The molecule has 1 spiro atoms. The molecule has 2 aliphatic carbocycles. The number of rotatable bonds is 4. The van der Waals surface area contributed by atoms with Crippen LogP contribution in [0.4, 0.5) is 0 Å². The monoisotopic (exact) mass is 620 g/mol. The molecule has 0 bridgehead atoms. The molecule has 182 valence electrons. The van der Waals surface area contributed by atoms with E-state index < -0.39 is 0 Å². The van der Waals surface area contributed by atoms with Gasteiger partial charge in [0, 0.05) is 25.7 Å². The lowest BCUT2D eigenvalue weighted by molar-refractivity contribution is 0.283. The number of nitrogens with zero attached hydrogens (tertiary/aromatic N) is 2. The number of hydrogen-bond donors (Lipinski definition) is 0. The van der Waals surface area contributed by atoms with Crippen LogP contribution in [0, 0.1) is 0 Å². The molecule has 0 unspecified atom stereocenters. The number of benzene rings is 3. The van der Waals surface area contributed by atoms with Crippen molar-refractivity contribution in [2.45, 2.75) is 54.8 Å². The molecule has 36 heavy (non-hydrogen) atoms. The van der Waals surface area contributed by atoms with Gasteiger partial charge in [-0.1, -0.05) is 105 Å². The second kappa shape index (κ2) is 9.96. The Hall–Kier alpha value is -2.15. The zero-order valence-electron chi connectivity index (χ0n) is 19.8. The molecular weight excluding hydrogens is 596 g/mol. The Kier molecular flexibility index (Phi) is 6.69. The van der Waals surface area contributed by atoms with Gasteiger partial charge in [-0.2, -0.15) is 0 Å². The van der Waals surface area contributed by atoms with Crippen LogP contribution in [0.15, 0.2) is 91.7 Å². The summed E-state index contributed by atoms with van der Waals surface area (Å²) in [6.07, 6.45) is 6.60. The Bertz CT molecular complexity index is 1490. The lowest BCUT2D eigenvalue weighted by atomic mass is 9.62. The Balaban J connectivity index is 1.57. The standard InChI is InChI=1S/C30H26Br2N2OS/c31-22-13-11-20(12-14-22)19-36-29-33-27-25-10-3-2-7-21(25)18-30(15-4-1-5-16-30)26(27)28(35)34(29)24-9-6-8-23(32)17-24/h2-3,6-14,17H,1,4-5,15-16,18-19H2. The third-order valence-corrected chi connectivity index (χ3v) is 9.57. The summed E-state index contributed by atoms with van der Waals surface area (Å²) in [6.45, 7) is 0. The molecule has 0 amide bonds. The summed E-state index contributed by atoms with van der Waals surface area (Å²) < 4.78 is 3.87. The number of fused-ring (bicyclic) bond motifs is 4. The van der Waals surface area contributed by atoms with Crippen molar-refractivity contribution >= 4 is 43.6 Å². The highest BCUT2D eigenvalue weighted by molar-refractivity contribution is 9.10. The van der Waals surface area contributed by atoms with Crippen molar-refractivity contribution in [2.75, 3.05) is 0 Å². The first-order valence-electron chi connectivity index (χ1n) is 12.4. The van der Waals surface area contributed by atoms with Crippen LogP contribution in [0.2, 0.25) is 0 Å². The number of aromatic nitrogens is 2. The minimum Gasteiger partial charge on any atom is -0.268 e. The molecule has 1 aromatic heterocycles. The Morgan fingerprint density at radius 2 is 1.67 bits per heavy atom. The van der Waals surface area contributed by atoms with Gasteiger partial charge in [-0.15, -0.1) is 0 Å². The number of hydrogen-bond acceptors (Lipinski definition) is 3. The highest BCUT2D eigenvalue weighted by atomic mass is 79.9. The minimum absolute atomic E-state index is 0.0906. The average molecular weight is 622 g/mol. The van der Waals surface area contributed by atoms with E-state index in [1.807, 2.05) is 28.8 Å². The molecule has 1 heterocycles. The zero-order valence-corrected chi connectivity index (χ0v) is 23.8. The minimum atomic E-state index is -0.130. The predicted octanol–water partition coefficient (Wildman–Crippen LogP) is 8.47. The van der Waals surface area contributed by atoms with Gasteiger partial charge in [0.2, 0.25) is 0 Å². The molecule has 0 saturated heterocycles. The first-order valence-corrected chi connectivity index (χ1v) is 15.0. The maximum atomic E-state index is 14.6. The maximum Gasteiger partial charge on any atom is 0.263 e. The summed E-state index contributed by atoms with van der Waals surface area (Å²) in [4.78, 5) is 19.9. The van der Waals surface area contributed by atoms with Gasteiger partial charge in [-0.05, 0) is 60.7 Å². The van der Waals surface area contributed by atoms with E-state index in [1.165, 1.54) is 17.5 Å². The van der Waals surface area contributed by atoms with E-state index in [9.17, 15) is 4.79 Å². The lowest BCUT2D eigenvalue weighted by Gasteiger charge is -2.42. The van der Waals surface area contributed by atoms with Crippen molar-refractivity contribution in [2.24, 2.45) is 0 Å². The van der Waals surface area contributed by atoms with Gasteiger partial charge in [0.15, 0.2) is 5.16 Å². The average Bonchev–Trinajstić information content (AvgIpc) is 2.88. The van der Waals surface area contributed by atoms with Crippen molar-refractivity contribution in [3.05, 3.63) is 109 Å². The van der Waals surface area contributed by atoms with Crippen LogP contribution in [0.25, 0.3) is 16.9 Å². The van der Waals surface area contributed by atoms with Gasteiger partial charge in [0.05, 0.1) is 16.9 Å². The third kappa shape index (κ3) is 4.42. The van der Waals surface area contributed by atoms with E-state index in [0.29, 0.717) is 0 Å². The molecule has 0 N–H and O–H groups in total. The molecule has 4 aromatic rings. The Morgan fingerprint density at radius 1 is 0.889 bits per heavy atom. The van der Waals surface area contributed by atoms with Crippen molar-refractivity contribution < 1.29 is 0 Å². The van der Waals surface area contributed by atoms with Crippen LogP contribution < -0.4 is 5.56 Å². The largest absolute Gasteiger partial charge is 0.268 e. The van der Waals surface area contributed by atoms with Crippen LogP contribution in [-0.2, 0) is 17.6 Å². The highest BCUT2D eigenvalue weighted by Crippen LogP contribution is 2.49. The summed E-state index contributed by atoms with van der Waals surface area (Å²) in [6, 6.07) is 24.9. The predicted molar refractivity (Wildman–Crippen MR) is 155 cm³/mol. The van der Waals surface area contributed by atoms with E-state index in [-0.39, 0.29) is 11.0 Å². The van der Waals surface area contributed by atoms with E-state index in [4.69, 9.17) is 4.98 Å². The quantitative estimate of drug-likeness (QED) is 0.169. The highest BCUT2D eigenvalue weighted by Gasteiger charge is 2.43. The van der Waals surface area contributed by atoms with Gasteiger partial charge in [-0.3, -0.25) is 9.36 Å². The third-order valence-electron chi connectivity index (χ3n) is 7.54. The van der Waals surface area contributed by atoms with Crippen LogP contribution in [0.1, 0.15) is 48.8 Å². The summed E-state index contributed by atoms with van der Waals surface area (Å²) in [5, 5.41) is 0.738. The summed E-state index contributed by atoms with van der Waals surface area (Å²) >= 11 is 8.76. The Labute approximate surface area is 232 Å². The smallest absolute Gasteiger partial charge is 0.263 e. The Morgan fingerprint density at radius 3 is 2.44 bits per heavy atom. The molecular formula is C30H26Br2N2OS. The molecule has 3 aromatic carbocycles. The first kappa shape index (κ1) is 24.2. The van der Waals surface area contributed by atoms with Crippen LogP contribution >= 0.6 is 43.6 Å². The summed E-state index contributed by atoms with van der Waals surface area (Å²) in [5.74, 6) is 0.735. The molecule has 1 fully saturated rings. The van der Waals surface area contributed by atoms with Crippen molar-refractivity contribution in [1.29, 1.82) is 0 Å². The van der Waals surface area contributed by atoms with Crippen molar-refractivity contribution in [1.82, 2.24) is 9.55 Å². The van der Waals surface area contributed by atoms with Gasteiger partial charge >= 0.3 is 0 Å². The lowest BCUT2D eigenvalue weighted by Crippen LogP contribution is -2.42. The molecule has 0 atom stereocenters. The second-order valence-corrected chi connectivity index (χ2v) is 12.6. The van der Waals surface area contributed by atoms with E-state index in [0.717, 1.165) is 74.5 Å². The van der Waals surface area contributed by atoms with E-state index in [2.05, 4.69) is 80.4 Å². The molecule has 3 nitrogen and oxygen atoms in total. The molecule has 0 aliphatic heterocycles. The van der Waals surface area contributed by atoms with Crippen molar-refractivity contribution in [3.63, 3.8) is 0 Å².